The lowest BCUT2D eigenvalue weighted by Gasteiger charge is -2.37. The van der Waals surface area contributed by atoms with Gasteiger partial charge in [0.2, 0.25) is 0 Å². The number of aromatic nitrogens is 2. The maximum Gasteiger partial charge on any atom is 0.267 e. The molecule has 20 heavy (non-hydrogen) atoms. The molecule has 2 rings (SSSR count). The van der Waals surface area contributed by atoms with Crippen molar-refractivity contribution in [2.75, 3.05) is 19.8 Å². The van der Waals surface area contributed by atoms with E-state index in [2.05, 4.69) is 9.59 Å². The average molecular weight is 299 g/mol. The van der Waals surface area contributed by atoms with Crippen molar-refractivity contribution >= 4 is 17.4 Å². The highest BCUT2D eigenvalue weighted by Crippen LogP contribution is 2.28. The fourth-order valence-corrected chi connectivity index (χ4v) is 3.00. The maximum atomic E-state index is 12.7. The molecule has 0 bridgehead atoms. The predicted octanol–water partition coefficient (Wildman–Crippen LogP) is 1.06. The number of aliphatic hydroxyl groups excluding tert-OH is 1. The zero-order chi connectivity index (χ0) is 14.9. The molecule has 0 radical (unpaired) electrons. The van der Waals surface area contributed by atoms with Gasteiger partial charge in [-0.3, -0.25) is 4.79 Å². The smallest absolute Gasteiger partial charge is 0.267 e. The lowest BCUT2D eigenvalue weighted by molar-refractivity contribution is -0.0666. The number of aliphatic hydroxyl groups is 1. The Hall–Kier alpha value is -1.05. The molecule has 0 aromatic carbocycles. The van der Waals surface area contributed by atoms with Gasteiger partial charge in [0.25, 0.3) is 5.91 Å². The monoisotopic (exact) mass is 299 g/mol. The quantitative estimate of drug-likeness (QED) is 0.883. The summed E-state index contributed by atoms with van der Waals surface area (Å²) in [5, 5.41) is 13.3. The molecule has 2 heterocycles. The van der Waals surface area contributed by atoms with E-state index in [1.54, 1.807) is 4.90 Å². The van der Waals surface area contributed by atoms with E-state index in [1.807, 2.05) is 27.7 Å². The summed E-state index contributed by atoms with van der Waals surface area (Å²) in [7, 11) is 0. The Labute approximate surface area is 122 Å². The van der Waals surface area contributed by atoms with Crippen LogP contribution in [-0.2, 0) is 10.2 Å². The second-order valence-corrected chi connectivity index (χ2v) is 6.90. The number of hydrogen-bond acceptors (Lipinski definition) is 6. The molecule has 1 N–H and O–H groups in total. The van der Waals surface area contributed by atoms with Crippen LogP contribution in [0.25, 0.3) is 0 Å². The number of rotatable bonds is 2. The molecule has 112 valence electrons. The van der Waals surface area contributed by atoms with Crippen molar-refractivity contribution in [1.29, 1.82) is 0 Å². The van der Waals surface area contributed by atoms with E-state index in [0.717, 1.165) is 17.2 Å². The maximum absolute atomic E-state index is 12.7. The summed E-state index contributed by atoms with van der Waals surface area (Å²) < 4.78 is 9.40. The predicted molar refractivity (Wildman–Crippen MR) is 75.9 cm³/mol. The Bertz CT molecular complexity index is 483. The molecule has 1 amide bonds. The summed E-state index contributed by atoms with van der Waals surface area (Å²) in [6.07, 6.45) is -0.311. The van der Waals surface area contributed by atoms with Crippen LogP contribution in [-0.4, -0.2) is 57.4 Å². The number of morpholine rings is 1. The summed E-state index contributed by atoms with van der Waals surface area (Å²) in [4.78, 5) is 15.1. The number of amides is 1. The van der Waals surface area contributed by atoms with Gasteiger partial charge in [-0.25, -0.2) is 0 Å². The van der Waals surface area contributed by atoms with Gasteiger partial charge in [0.05, 0.1) is 31.1 Å². The lowest BCUT2D eigenvalue weighted by atomic mass is 9.91. The standard InChI is InChI=1S/C13H21N3O3S/c1-8-7-19-9(6-17)5-16(8)12(18)10-11(13(2,3)4)14-15-20-10/h8-9,17H,5-7H2,1-4H3. The van der Waals surface area contributed by atoms with Crippen LogP contribution in [0.3, 0.4) is 0 Å². The molecule has 0 spiro atoms. The van der Waals surface area contributed by atoms with Gasteiger partial charge in [-0.05, 0) is 18.5 Å². The first-order chi connectivity index (χ1) is 9.34. The first-order valence-electron chi connectivity index (χ1n) is 6.71. The van der Waals surface area contributed by atoms with Crippen LogP contribution in [0, 0.1) is 0 Å². The van der Waals surface area contributed by atoms with E-state index in [4.69, 9.17) is 4.74 Å². The molecule has 2 unspecified atom stereocenters. The molecule has 1 aromatic heterocycles. The van der Waals surface area contributed by atoms with Crippen LogP contribution in [0.1, 0.15) is 43.1 Å². The Morgan fingerprint density at radius 2 is 2.25 bits per heavy atom. The molecule has 0 saturated carbocycles. The Morgan fingerprint density at radius 1 is 1.55 bits per heavy atom. The largest absolute Gasteiger partial charge is 0.394 e. The number of hydrogen-bond donors (Lipinski definition) is 1. The highest BCUT2D eigenvalue weighted by atomic mass is 32.1. The third-order valence-electron chi connectivity index (χ3n) is 3.36. The molecule has 7 heteroatoms. The minimum atomic E-state index is -0.311. The van der Waals surface area contributed by atoms with E-state index in [0.29, 0.717) is 18.0 Å². The molecule has 1 aromatic rings. The van der Waals surface area contributed by atoms with E-state index < -0.39 is 0 Å². The van der Waals surface area contributed by atoms with Crippen LogP contribution < -0.4 is 0 Å². The average Bonchev–Trinajstić information content (AvgIpc) is 2.87. The van der Waals surface area contributed by atoms with Crippen molar-refractivity contribution in [1.82, 2.24) is 14.5 Å². The molecule has 1 aliphatic heterocycles. The molecule has 2 atom stereocenters. The fourth-order valence-electron chi connectivity index (χ4n) is 2.16. The van der Waals surface area contributed by atoms with Crippen molar-refractivity contribution in [3.63, 3.8) is 0 Å². The summed E-state index contributed by atoms with van der Waals surface area (Å²) >= 11 is 1.13. The SMILES string of the molecule is CC1COC(CO)CN1C(=O)c1snnc1C(C)(C)C. The van der Waals surface area contributed by atoms with Crippen LogP contribution in [0.5, 0.6) is 0 Å². The second-order valence-electron chi connectivity index (χ2n) is 6.15. The van der Waals surface area contributed by atoms with Crippen LogP contribution in [0.15, 0.2) is 0 Å². The lowest BCUT2D eigenvalue weighted by Crippen LogP contribution is -2.52. The number of ether oxygens (including phenoxy) is 1. The highest BCUT2D eigenvalue weighted by Gasteiger charge is 2.34. The Kier molecular flexibility index (Phi) is 4.41. The van der Waals surface area contributed by atoms with Gasteiger partial charge in [0, 0.05) is 12.0 Å². The van der Waals surface area contributed by atoms with E-state index >= 15 is 0 Å². The van der Waals surface area contributed by atoms with Gasteiger partial charge in [-0.1, -0.05) is 25.3 Å². The zero-order valence-electron chi connectivity index (χ0n) is 12.3. The molecule has 1 fully saturated rings. The third kappa shape index (κ3) is 2.99. The van der Waals surface area contributed by atoms with Crippen molar-refractivity contribution in [3.8, 4) is 0 Å². The molecule has 0 aliphatic carbocycles. The number of carbonyl (C=O) groups is 1. The van der Waals surface area contributed by atoms with Crippen molar-refractivity contribution in [3.05, 3.63) is 10.6 Å². The van der Waals surface area contributed by atoms with Crippen LogP contribution in [0.4, 0.5) is 0 Å². The molecule has 6 nitrogen and oxygen atoms in total. The van der Waals surface area contributed by atoms with Gasteiger partial charge in [0.1, 0.15) is 4.88 Å². The Morgan fingerprint density at radius 3 is 2.85 bits per heavy atom. The summed E-state index contributed by atoms with van der Waals surface area (Å²) in [6, 6.07) is -0.0137. The van der Waals surface area contributed by atoms with Gasteiger partial charge in [-0.2, -0.15) is 0 Å². The van der Waals surface area contributed by atoms with Gasteiger partial charge in [-0.15, -0.1) is 5.10 Å². The minimum absolute atomic E-state index is 0.0137. The van der Waals surface area contributed by atoms with Crippen LogP contribution >= 0.6 is 11.5 Å². The first-order valence-corrected chi connectivity index (χ1v) is 7.48. The van der Waals surface area contributed by atoms with Crippen LogP contribution in [0.2, 0.25) is 0 Å². The normalized spacial score (nSPS) is 23.9. The van der Waals surface area contributed by atoms with Gasteiger partial charge < -0.3 is 14.7 Å². The van der Waals surface area contributed by atoms with E-state index in [-0.39, 0.29) is 30.1 Å². The van der Waals surface area contributed by atoms with Gasteiger partial charge in [0.15, 0.2) is 0 Å². The highest BCUT2D eigenvalue weighted by molar-refractivity contribution is 7.08. The van der Waals surface area contributed by atoms with Crippen molar-refractivity contribution < 1.29 is 14.6 Å². The zero-order valence-corrected chi connectivity index (χ0v) is 13.1. The third-order valence-corrected chi connectivity index (χ3v) is 4.08. The second kappa shape index (κ2) is 5.75. The summed E-state index contributed by atoms with van der Waals surface area (Å²) in [5.41, 5.74) is 0.510. The minimum Gasteiger partial charge on any atom is -0.394 e. The fraction of sp³-hybridized carbons (Fsp3) is 0.769. The number of carbonyl (C=O) groups excluding carboxylic acids is 1. The molecular weight excluding hydrogens is 278 g/mol. The molecule has 1 saturated heterocycles. The molecule has 1 aliphatic rings. The number of nitrogens with zero attached hydrogens (tertiary/aromatic N) is 3. The topological polar surface area (TPSA) is 75.6 Å². The first kappa shape index (κ1) is 15.3. The summed E-state index contributed by atoms with van der Waals surface area (Å²) in [5.74, 6) is -0.0702. The summed E-state index contributed by atoms with van der Waals surface area (Å²) in [6.45, 7) is 8.74. The van der Waals surface area contributed by atoms with Crippen molar-refractivity contribution in [2.45, 2.75) is 45.3 Å². The van der Waals surface area contributed by atoms with E-state index in [1.165, 1.54) is 0 Å². The molecular formula is C13H21N3O3S. The van der Waals surface area contributed by atoms with Crippen molar-refractivity contribution in [2.24, 2.45) is 0 Å². The van der Waals surface area contributed by atoms with E-state index in [9.17, 15) is 9.90 Å². The Balaban J connectivity index is 2.24. The van der Waals surface area contributed by atoms with Gasteiger partial charge >= 0.3 is 0 Å².